The van der Waals surface area contributed by atoms with Crippen LogP contribution in [0.5, 0.6) is 5.75 Å². The Morgan fingerprint density at radius 1 is 1.00 bits per heavy atom. The van der Waals surface area contributed by atoms with Crippen LogP contribution in [0.15, 0.2) is 82.0 Å². The molecule has 1 heterocycles. The third-order valence-electron chi connectivity index (χ3n) is 4.26. The zero-order chi connectivity index (χ0) is 19.5. The van der Waals surface area contributed by atoms with Gasteiger partial charge in [-0.25, -0.2) is 9.78 Å². The number of nitrogens with zero attached hydrogens (tertiary/aromatic N) is 1. The number of para-hydroxylation sites is 1. The maximum Gasteiger partial charge on any atom is 0.347 e. The highest BCUT2D eigenvalue weighted by Crippen LogP contribution is 2.21. The van der Waals surface area contributed by atoms with Crippen LogP contribution in [0.3, 0.4) is 0 Å². The van der Waals surface area contributed by atoms with Crippen LogP contribution in [0.25, 0.3) is 22.4 Å². The molecule has 0 saturated carbocycles. The molecule has 1 N–H and O–H groups in total. The number of carbonyl (C=O) groups is 1. The second-order valence-corrected chi connectivity index (χ2v) is 6.09. The average molecular weight is 372 g/mol. The molecule has 1 aromatic heterocycles. The number of hydrogen-bond donors (Lipinski definition) is 1. The van der Waals surface area contributed by atoms with Crippen molar-refractivity contribution in [2.75, 3.05) is 12.4 Å². The highest BCUT2D eigenvalue weighted by atomic mass is 16.5. The van der Waals surface area contributed by atoms with E-state index in [1.165, 1.54) is 0 Å². The predicted octanol–water partition coefficient (Wildman–Crippen LogP) is 4.12. The number of amides is 1. The van der Waals surface area contributed by atoms with E-state index in [9.17, 15) is 9.59 Å². The minimum absolute atomic E-state index is 0.231. The molecule has 138 valence electrons. The third kappa shape index (κ3) is 3.48. The maximum atomic E-state index is 12.4. The molecule has 0 aliphatic carbocycles. The standard InChI is InChI=1S/C22H16N2O4/c1-27-17-6-4-5-15(13-17)20(25)23-16-11-9-14(10-12-16)21-24-19-8-3-2-7-18(19)22(26)28-21/h2-13H,1H3,(H,23,25). The Hall–Kier alpha value is -3.93. The summed E-state index contributed by atoms with van der Waals surface area (Å²) in [5.41, 5.74) is 1.88. The highest BCUT2D eigenvalue weighted by molar-refractivity contribution is 6.04. The van der Waals surface area contributed by atoms with Crippen molar-refractivity contribution in [1.29, 1.82) is 0 Å². The van der Waals surface area contributed by atoms with Crippen LogP contribution in [0.1, 0.15) is 10.4 Å². The van der Waals surface area contributed by atoms with Gasteiger partial charge in [-0.3, -0.25) is 4.79 Å². The van der Waals surface area contributed by atoms with Crippen LogP contribution in [0.2, 0.25) is 0 Å². The summed E-state index contributed by atoms with van der Waals surface area (Å²) in [5.74, 6) is 0.594. The first-order chi connectivity index (χ1) is 13.6. The van der Waals surface area contributed by atoms with E-state index in [0.29, 0.717) is 33.5 Å². The second kappa shape index (κ2) is 7.36. The lowest BCUT2D eigenvalue weighted by atomic mass is 10.1. The molecular formula is C22H16N2O4. The lowest BCUT2D eigenvalue weighted by Gasteiger charge is -2.07. The molecule has 0 spiro atoms. The Kier molecular flexibility index (Phi) is 4.60. The first kappa shape index (κ1) is 17.5. The van der Waals surface area contributed by atoms with Gasteiger partial charge in [0.25, 0.3) is 5.91 Å². The summed E-state index contributed by atoms with van der Waals surface area (Å²) < 4.78 is 10.5. The number of hydrogen-bond acceptors (Lipinski definition) is 5. The van der Waals surface area contributed by atoms with Gasteiger partial charge in [-0.05, 0) is 54.6 Å². The Morgan fingerprint density at radius 3 is 2.57 bits per heavy atom. The number of ether oxygens (including phenoxy) is 1. The van der Waals surface area contributed by atoms with E-state index < -0.39 is 5.63 Å². The monoisotopic (exact) mass is 372 g/mol. The first-order valence-corrected chi connectivity index (χ1v) is 8.60. The van der Waals surface area contributed by atoms with Gasteiger partial charge in [-0.15, -0.1) is 0 Å². The van der Waals surface area contributed by atoms with Gasteiger partial charge < -0.3 is 14.5 Å². The van der Waals surface area contributed by atoms with E-state index in [1.54, 1.807) is 73.8 Å². The Bertz CT molecular complexity index is 1210. The van der Waals surface area contributed by atoms with E-state index >= 15 is 0 Å². The molecule has 0 saturated heterocycles. The van der Waals surface area contributed by atoms with E-state index in [-0.39, 0.29) is 11.8 Å². The lowest BCUT2D eigenvalue weighted by Crippen LogP contribution is -2.11. The molecule has 3 aromatic carbocycles. The van der Waals surface area contributed by atoms with Gasteiger partial charge in [0.15, 0.2) is 0 Å². The van der Waals surface area contributed by atoms with Crippen LogP contribution >= 0.6 is 0 Å². The number of rotatable bonds is 4. The number of anilines is 1. The van der Waals surface area contributed by atoms with E-state index in [4.69, 9.17) is 9.15 Å². The molecule has 0 fully saturated rings. The van der Waals surface area contributed by atoms with Gasteiger partial charge in [-0.1, -0.05) is 18.2 Å². The van der Waals surface area contributed by atoms with Crippen molar-refractivity contribution in [2.45, 2.75) is 0 Å². The molecule has 0 radical (unpaired) electrons. The van der Waals surface area contributed by atoms with Crippen LogP contribution < -0.4 is 15.7 Å². The normalized spacial score (nSPS) is 10.6. The number of nitrogens with one attached hydrogen (secondary N) is 1. The van der Waals surface area contributed by atoms with Crippen molar-refractivity contribution in [3.05, 3.63) is 88.8 Å². The quantitative estimate of drug-likeness (QED) is 0.583. The van der Waals surface area contributed by atoms with Gasteiger partial charge in [0.1, 0.15) is 5.75 Å². The summed E-state index contributed by atoms with van der Waals surface area (Å²) in [5, 5.41) is 3.26. The van der Waals surface area contributed by atoms with Gasteiger partial charge in [0.05, 0.1) is 18.0 Å². The minimum Gasteiger partial charge on any atom is -0.497 e. The SMILES string of the molecule is COc1cccc(C(=O)Nc2ccc(-c3nc4ccccc4c(=O)o3)cc2)c1. The molecule has 1 amide bonds. The first-order valence-electron chi connectivity index (χ1n) is 8.60. The lowest BCUT2D eigenvalue weighted by molar-refractivity contribution is 0.102. The predicted molar refractivity (Wildman–Crippen MR) is 107 cm³/mol. The molecule has 28 heavy (non-hydrogen) atoms. The summed E-state index contributed by atoms with van der Waals surface area (Å²) in [6.45, 7) is 0. The molecule has 0 atom stereocenters. The molecule has 0 unspecified atom stereocenters. The van der Waals surface area contributed by atoms with Crippen LogP contribution in [-0.2, 0) is 0 Å². The summed E-state index contributed by atoms with van der Waals surface area (Å²) in [7, 11) is 1.55. The molecule has 4 aromatic rings. The molecule has 4 rings (SSSR count). The van der Waals surface area contributed by atoms with Crippen molar-refractivity contribution in [3.63, 3.8) is 0 Å². The fraction of sp³-hybridized carbons (Fsp3) is 0.0455. The molecule has 6 heteroatoms. The highest BCUT2D eigenvalue weighted by Gasteiger charge is 2.10. The number of aromatic nitrogens is 1. The summed E-state index contributed by atoms with van der Waals surface area (Å²) in [6, 6.07) is 20.8. The zero-order valence-electron chi connectivity index (χ0n) is 15.0. The summed E-state index contributed by atoms with van der Waals surface area (Å²) >= 11 is 0. The fourth-order valence-corrected chi connectivity index (χ4v) is 2.81. The number of benzene rings is 3. The number of methoxy groups -OCH3 is 1. The smallest absolute Gasteiger partial charge is 0.347 e. The van der Waals surface area contributed by atoms with Crippen molar-refractivity contribution in [2.24, 2.45) is 0 Å². The van der Waals surface area contributed by atoms with Crippen molar-refractivity contribution >= 4 is 22.5 Å². The molecule has 0 aliphatic heterocycles. The van der Waals surface area contributed by atoms with E-state index in [1.807, 2.05) is 6.07 Å². The molecule has 6 nitrogen and oxygen atoms in total. The molecular weight excluding hydrogens is 356 g/mol. The van der Waals surface area contributed by atoms with Crippen LogP contribution in [0.4, 0.5) is 5.69 Å². The van der Waals surface area contributed by atoms with Crippen molar-refractivity contribution in [3.8, 4) is 17.2 Å². The number of fused-ring (bicyclic) bond motifs is 1. The second-order valence-electron chi connectivity index (χ2n) is 6.09. The van der Waals surface area contributed by atoms with Gasteiger partial charge >= 0.3 is 5.63 Å². The van der Waals surface area contributed by atoms with Gasteiger partial charge in [0.2, 0.25) is 5.89 Å². The fourth-order valence-electron chi connectivity index (χ4n) is 2.81. The Morgan fingerprint density at radius 2 is 1.79 bits per heavy atom. The largest absolute Gasteiger partial charge is 0.497 e. The van der Waals surface area contributed by atoms with Gasteiger partial charge in [0, 0.05) is 16.8 Å². The van der Waals surface area contributed by atoms with Crippen molar-refractivity contribution < 1.29 is 13.9 Å². The molecule has 0 bridgehead atoms. The number of carbonyl (C=O) groups excluding carboxylic acids is 1. The maximum absolute atomic E-state index is 12.4. The summed E-state index contributed by atoms with van der Waals surface area (Å²) in [6.07, 6.45) is 0. The molecule has 0 aliphatic rings. The van der Waals surface area contributed by atoms with Crippen molar-refractivity contribution in [1.82, 2.24) is 4.98 Å². The average Bonchev–Trinajstić information content (AvgIpc) is 2.74. The summed E-state index contributed by atoms with van der Waals surface area (Å²) in [4.78, 5) is 28.9. The van der Waals surface area contributed by atoms with Crippen LogP contribution in [-0.4, -0.2) is 18.0 Å². The Labute approximate surface area is 160 Å². The van der Waals surface area contributed by atoms with Gasteiger partial charge in [-0.2, -0.15) is 0 Å². The minimum atomic E-state index is -0.434. The third-order valence-corrected chi connectivity index (χ3v) is 4.26. The van der Waals surface area contributed by atoms with Crippen LogP contribution in [0, 0.1) is 0 Å². The zero-order valence-corrected chi connectivity index (χ0v) is 15.0. The van der Waals surface area contributed by atoms with E-state index in [2.05, 4.69) is 10.3 Å². The topological polar surface area (TPSA) is 81.4 Å². The Balaban J connectivity index is 1.57. The van der Waals surface area contributed by atoms with E-state index in [0.717, 1.165) is 0 Å².